The van der Waals surface area contributed by atoms with E-state index in [1.165, 1.54) is 14.2 Å². The van der Waals surface area contributed by atoms with Crippen molar-refractivity contribution >= 4 is 33.4 Å². The third kappa shape index (κ3) is 2.42. The highest BCUT2D eigenvalue weighted by Gasteiger charge is 2.29. The summed E-state index contributed by atoms with van der Waals surface area (Å²) < 4.78 is 10.5. The van der Waals surface area contributed by atoms with Crippen LogP contribution in [0.3, 0.4) is 0 Å². The second-order valence-corrected chi connectivity index (χ2v) is 4.96. The zero-order valence-corrected chi connectivity index (χ0v) is 12.2. The number of esters is 2. The zero-order chi connectivity index (χ0) is 14.0. The second kappa shape index (κ2) is 5.57. The van der Waals surface area contributed by atoms with Crippen LogP contribution in [0, 0.1) is 0 Å². The van der Waals surface area contributed by atoms with E-state index in [9.17, 15) is 9.59 Å². The molecule has 19 heavy (non-hydrogen) atoms. The fraction of sp³-hybridized carbons (Fsp3) is 0.286. The van der Waals surface area contributed by atoms with E-state index < -0.39 is 11.9 Å². The van der Waals surface area contributed by atoms with Crippen molar-refractivity contribution in [1.82, 2.24) is 0 Å². The smallest absolute Gasteiger partial charge is 0.339 e. The van der Waals surface area contributed by atoms with E-state index in [1.54, 1.807) is 0 Å². The molecule has 0 amide bonds. The third-order valence-electron chi connectivity index (χ3n) is 3.14. The van der Waals surface area contributed by atoms with Crippen molar-refractivity contribution in [3.63, 3.8) is 0 Å². The molecule has 0 heterocycles. The number of benzene rings is 1. The molecule has 0 bridgehead atoms. The Balaban J connectivity index is 2.67. The van der Waals surface area contributed by atoms with Gasteiger partial charge in [0.05, 0.1) is 25.4 Å². The molecule has 2 rings (SSSR count). The molecule has 0 unspecified atom stereocenters. The van der Waals surface area contributed by atoms with Crippen LogP contribution in [-0.2, 0) is 25.5 Å². The van der Waals surface area contributed by atoms with Gasteiger partial charge in [-0.25, -0.2) is 9.59 Å². The van der Waals surface area contributed by atoms with E-state index in [-0.39, 0.29) is 0 Å². The summed E-state index contributed by atoms with van der Waals surface area (Å²) in [5.41, 5.74) is 2.42. The molecule has 1 aliphatic rings. The van der Waals surface area contributed by atoms with Crippen LogP contribution < -0.4 is 0 Å². The van der Waals surface area contributed by atoms with Gasteiger partial charge in [0.1, 0.15) is 0 Å². The number of ether oxygens (including phenoxy) is 2. The van der Waals surface area contributed by atoms with Crippen LogP contribution in [0.25, 0.3) is 5.57 Å². The lowest BCUT2D eigenvalue weighted by Crippen LogP contribution is -2.19. The van der Waals surface area contributed by atoms with Gasteiger partial charge in [0.25, 0.3) is 0 Å². The lowest BCUT2D eigenvalue weighted by atomic mass is 9.85. The van der Waals surface area contributed by atoms with E-state index in [1.807, 2.05) is 18.2 Å². The predicted molar refractivity (Wildman–Crippen MR) is 73.4 cm³/mol. The molecule has 0 aromatic heterocycles. The lowest BCUT2D eigenvalue weighted by Gasteiger charge is -2.21. The molecule has 100 valence electrons. The van der Waals surface area contributed by atoms with E-state index in [0.29, 0.717) is 24.0 Å². The number of hydrogen-bond donors (Lipinski definition) is 0. The Labute approximate surface area is 119 Å². The maximum atomic E-state index is 12.0. The van der Waals surface area contributed by atoms with Crippen molar-refractivity contribution in [3.8, 4) is 0 Å². The Bertz CT molecular complexity index is 575. The van der Waals surface area contributed by atoms with Crippen molar-refractivity contribution in [1.29, 1.82) is 0 Å². The molecule has 4 nitrogen and oxygen atoms in total. The van der Waals surface area contributed by atoms with Crippen LogP contribution in [-0.4, -0.2) is 26.2 Å². The third-order valence-corrected chi connectivity index (χ3v) is 3.88. The number of hydrogen-bond acceptors (Lipinski definition) is 4. The van der Waals surface area contributed by atoms with Gasteiger partial charge in [0.15, 0.2) is 0 Å². The zero-order valence-electron chi connectivity index (χ0n) is 10.7. The normalized spacial score (nSPS) is 13.8. The Morgan fingerprint density at radius 1 is 1.11 bits per heavy atom. The number of methoxy groups -OCH3 is 2. The lowest BCUT2D eigenvalue weighted by molar-refractivity contribution is -0.138. The summed E-state index contributed by atoms with van der Waals surface area (Å²) in [5.74, 6) is -0.995. The van der Waals surface area contributed by atoms with Gasteiger partial charge in [0.2, 0.25) is 0 Å². The van der Waals surface area contributed by atoms with E-state index in [2.05, 4.69) is 15.9 Å². The highest BCUT2D eigenvalue weighted by Crippen LogP contribution is 2.36. The molecule has 5 heteroatoms. The van der Waals surface area contributed by atoms with Crippen LogP contribution >= 0.6 is 15.9 Å². The number of rotatable bonds is 2. The highest BCUT2D eigenvalue weighted by molar-refractivity contribution is 9.10. The average Bonchev–Trinajstić information content (AvgIpc) is 2.44. The van der Waals surface area contributed by atoms with Crippen molar-refractivity contribution in [3.05, 3.63) is 39.4 Å². The molecule has 0 saturated heterocycles. The summed E-state index contributed by atoms with van der Waals surface area (Å²) >= 11 is 3.46. The summed E-state index contributed by atoms with van der Waals surface area (Å²) in [6.07, 6.45) is 1.15. The molecule has 0 atom stereocenters. The Morgan fingerprint density at radius 2 is 1.79 bits per heavy atom. The Kier molecular flexibility index (Phi) is 4.04. The first-order valence-electron chi connectivity index (χ1n) is 5.77. The highest BCUT2D eigenvalue weighted by atomic mass is 79.9. The Hall–Kier alpha value is -1.62. The molecule has 0 N–H and O–H groups in total. The fourth-order valence-corrected chi connectivity index (χ4v) is 2.81. The van der Waals surface area contributed by atoms with Gasteiger partial charge in [-0.3, -0.25) is 0 Å². The minimum absolute atomic E-state index is 0.303. The summed E-state index contributed by atoms with van der Waals surface area (Å²) in [4.78, 5) is 23.8. The first-order valence-corrected chi connectivity index (χ1v) is 6.57. The first kappa shape index (κ1) is 13.8. The van der Waals surface area contributed by atoms with Gasteiger partial charge in [-0.2, -0.15) is 0 Å². The summed E-state index contributed by atoms with van der Waals surface area (Å²) in [5, 5.41) is 0. The van der Waals surface area contributed by atoms with E-state index >= 15 is 0 Å². The summed E-state index contributed by atoms with van der Waals surface area (Å²) in [6, 6.07) is 5.55. The van der Waals surface area contributed by atoms with Gasteiger partial charge < -0.3 is 9.47 Å². The minimum atomic E-state index is -0.514. The van der Waals surface area contributed by atoms with E-state index in [4.69, 9.17) is 9.47 Å². The Morgan fingerprint density at radius 3 is 2.42 bits per heavy atom. The fourth-order valence-electron chi connectivity index (χ4n) is 2.25. The quantitative estimate of drug-likeness (QED) is 0.784. The maximum Gasteiger partial charge on any atom is 0.339 e. The average molecular weight is 325 g/mol. The molecule has 1 aromatic rings. The van der Waals surface area contributed by atoms with Gasteiger partial charge in [-0.05, 0) is 30.0 Å². The molecule has 0 fully saturated rings. The van der Waals surface area contributed by atoms with Gasteiger partial charge >= 0.3 is 11.9 Å². The van der Waals surface area contributed by atoms with Crippen LogP contribution in [0.1, 0.15) is 17.5 Å². The van der Waals surface area contributed by atoms with Gasteiger partial charge in [-0.15, -0.1) is 0 Å². The predicted octanol–water partition coefficient (Wildman–Crippen LogP) is 2.49. The van der Waals surface area contributed by atoms with Crippen LogP contribution in [0.15, 0.2) is 28.2 Å². The molecular weight excluding hydrogens is 312 g/mol. The molecule has 1 aliphatic carbocycles. The summed E-state index contributed by atoms with van der Waals surface area (Å²) in [6.45, 7) is 0. The molecule has 0 radical (unpaired) electrons. The minimum Gasteiger partial charge on any atom is -0.466 e. The molecule has 0 aliphatic heterocycles. The van der Waals surface area contributed by atoms with Crippen LogP contribution in [0.4, 0.5) is 0 Å². The number of fused-ring (bicyclic) bond motifs is 1. The van der Waals surface area contributed by atoms with Crippen LogP contribution in [0.2, 0.25) is 0 Å². The standard InChI is InChI=1S/C14H13BrO4/c1-18-13(16)10-7-6-8-9(4-3-5-11(8)15)12(10)14(17)19-2/h3-5H,6-7H2,1-2H3. The topological polar surface area (TPSA) is 52.6 Å². The van der Waals surface area contributed by atoms with Crippen molar-refractivity contribution in [2.75, 3.05) is 14.2 Å². The second-order valence-electron chi connectivity index (χ2n) is 4.10. The van der Waals surface area contributed by atoms with E-state index in [0.717, 1.165) is 15.6 Å². The van der Waals surface area contributed by atoms with Crippen molar-refractivity contribution < 1.29 is 19.1 Å². The SMILES string of the molecule is COC(=O)C1=C(C(=O)OC)c2cccc(Br)c2CC1. The van der Waals surface area contributed by atoms with Gasteiger partial charge in [-0.1, -0.05) is 28.1 Å². The monoisotopic (exact) mass is 324 g/mol. The summed E-state index contributed by atoms with van der Waals surface area (Å²) in [7, 11) is 2.61. The molecule has 0 saturated carbocycles. The van der Waals surface area contributed by atoms with Crippen molar-refractivity contribution in [2.24, 2.45) is 0 Å². The number of carbonyl (C=O) groups is 2. The first-order chi connectivity index (χ1) is 9.10. The molecular formula is C14H13BrO4. The molecule has 0 spiro atoms. The van der Waals surface area contributed by atoms with Gasteiger partial charge in [0, 0.05) is 4.47 Å². The number of halogens is 1. The number of carbonyl (C=O) groups excluding carboxylic acids is 2. The molecule has 1 aromatic carbocycles. The van der Waals surface area contributed by atoms with Crippen LogP contribution in [0.5, 0.6) is 0 Å². The largest absolute Gasteiger partial charge is 0.466 e. The van der Waals surface area contributed by atoms with Crippen molar-refractivity contribution in [2.45, 2.75) is 12.8 Å². The maximum absolute atomic E-state index is 12.0.